The van der Waals surface area contributed by atoms with Gasteiger partial charge in [0.2, 0.25) is 0 Å². The van der Waals surface area contributed by atoms with E-state index in [0.717, 1.165) is 11.2 Å². The Bertz CT molecular complexity index is 722. The molecular weight excluding hydrogens is 245 g/mol. The maximum Gasteiger partial charge on any atom is 0.158 e. The van der Waals surface area contributed by atoms with Gasteiger partial charge in [-0.3, -0.25) is 5.10 Å². The van der Waals surface area contributed by atoms with Gasteiger partial charge in [0.1, 0.15) is 17.7 Å². The van der Waals surface area contributed by atoms with Crippen LogP contribution in [0, 0.1) is 12.7 Å². The van der Waals surface area contributed by atoms with Crippen LogP contribution < -0.4 is 5.32 Å². The predicted molar refractivity (Wildman–Crippen MR) is 70.1 cm³/mol. The normalized spacial score (nSPS) is 10.8. The zero-order valence-electron chi connectivity index (χ0n) is 10.3. The molecule has 0 radical (unpaired) electrons. The van der Waals surface area contributed by atoms with E-state index in [1.807, 2.05) is 6.92 Å². The number of nitrogens with one attached hydrogen (secondary N) is 2. The first-order chi connectivity index (χ1) is 9.25. The number of H-pyrrole nitrogens is 1. The lowest BCUT2D eigenvalue weighted by Gasteiger charge is -2.06. The van der Waals surface area contributed by atoms with Crippen LogP contribution >= 0.6 is 0 Å². The Morgan fingerprint density at radius 3 is 2.89 bits per heavy atom. The highest BCUT2D eigenvalue weighted by molar-refractivity contribution is 5.86. The van der Waals surface area contributed by atoms with E-state index in [0.29, 0.717) is 23.4 Å². The molecule has 3 aromatic rings. The van der Waals surface area contributed by atoms with Crippen molar-refractivity contribution in [2.75, 3.05) is 5.32 Å². The van der Waals surface area contributed by atoms with E-state index in [1.54, 1.807) is 18.2 Å². The number of benzene rings is 1. The molecule has 0 unspecified atom stereocenters. The van der Waals surface area contributed by atoms with E-state index < -0.39 is 0 Å². The Hall–Kier alpha value is -2.50. The molecule has 2 N–H and O–H groups in total. The third kappa shape index (κ3) is 2.12. The van der Waals surface area contributed by atoms with Gasteiger partial charge in [0.25, 0.3) is 0 Å². The van der Waals surface area contributed by atoms with E-state index in [1.165, 1.54) is 12.4 Å². The molecule has 0 amide bonds. The Labute approximate surface area is 108 Å². The summed E-state index contributed by atoms with van der Waals surface area (Å²) in [6.45, 7) is 2.24. The highest BCUT2D eigenvalue weighted by Crippen LogP contribution is 2.19. The summed E-state index contributed by atoms with van der Waals surface area (Å²) in [6, 6.07) is 6.63. The molecule has 1 aromatic carbocycles. The standard InChI is InChI=1S/C13H12FN5/c1-8-11-12(19-18-8)13(17-7-16-11)15-6-9-4-2-3-5-10(9)14/h2-5,7H,6H2,1H3,(H,18,19)(H,15,16,17). The number of anilines is 1. The molecular formula is C13H12FN5. The third-order valence-electron chi connectivity index (χ3n) is 2.92. The summed E-state index contributed by atoms with van der Waals surface area (Å²) in [5, 5.41) is 10.1. The van der Waals surface area contributed by atoms with Crippen molar-refractivity contribution in [3.8, 4) is 0 Å². The van der Waals surface area contributed by atoms with Crippen LogP contribution in [-0.4, -0.2) is 20.2 Å². The van der Waals surface area contributed by atoms with Crippen molar-refractivity contribution in [2.45, 2.75) is 13.5 Å². The Morgan fingerprint density at radius 2 is 2.05 bits per heavy atom. The Morgan fingerprint density at radius 1 is 1.21 bits per heavy atom. The van der Waals surface area contributed by atoms with Gasteiger partial charge in [-0.05, 0) is 13.0 Å². The number of hydrogen-bond acceptors (Lipinski definition) is 4. The van der Waals surface area contributed by atoms with E-state index in [4.69, 9.17) is 0 Å². The molecule has 19 heavy (non-hydrogen) atoms. The first-order valence-electron chi connectivity index (χ1n) is 5.88. The summed E-state index contributed by atoms with van der Waals surface area (Å²) in [4.78, 5) is 8.29. The molecule has 0 aliphatic rings. The lowest BCUT2D eigenvalue weighted by Crippen LogP contribution is -2.04. The second-order valence-corrected chi connectivity index (χ2v) is 4.21. The van der Waals surface area contributed by atoms with Crippen molar-refractivity contribution >= 4 is 16.9 Å². The van der Waals surface area contributed by atoms with Crippen LogP contribution in [0.3, 0.4) is 0 Å². The van der Waals surface area contributed by atoms with Gasteiger partial charge in [-0.2, -0.15) is 5.10 Å². The van der Waals surface area contributed by atoms with E-state index >= 15 is 0 Å². The topological polar surface area (TPSA) is 66.5 Å². The molecule has 3 rings (SSSR count). The van der Waals surface area contributed by atoms with Crippen LogP contribution in [-0.2, 0) is 6.54 Å². The maximum atomic E-state index is 13.5. The minimum absolute atomic E-state index is 0.237. The first kappa shape index (κ1) is 11.6. The van der Waals surface area contributed by atoms with Gasteiger partial charge in [0.05, 0.1) is 5.69 Å². The Balaban J connectivity index is 1.88. The third-order valence-corrected chi connectivity index (χ3v) is 2.92. The highest BCUT2D eigenvalue weighted by atomic mass is 19.1. The molecule has 6 heteroatoms. The summed E-state index contributed by atoms with van der Waals surface area (Å²) in [6.07, 6.45) is 1.47. The van der Waals surface area contributed by atoms with Crippen LogP contribution in [0.2, 0.25) is 0 Å². The van der Waals surface area contributed by atoms with Crippen LogP contribution in [0.25, 0.3) is 11.0 Å². The van der Waals surface area contributed by atoms with Crippen LogP contribution in [0.1, 0.15) is 11.3 Å². The lowest BCUT2D eigenvalue weighted by molar-refractivity contribution is 0.613. The zero-order valence-corrected chi connectivity index (χ0v) is 10.3. The molecule has 0 bridgehead atoms. The van der Waals surface area contributed by atoms with Crippen molar-refractivity contribution in [1.29, 1.82) is 0 Å². The lowest BCUT2D eigenvalue weighted by atomic mass is 10.2. The highest BCUT2D eigenvalue weighted by Gasteiger charge is 2.09. The molecule has 0 aliphatic heterocycles. The van der Waals surface area contributed by atoms with Crippen LogP contribution in [0.5, 0.6) is 0 Å². The number of rotatable bonds is 3. The fourth-order valence-electron chi connectivity index (χ4n) is 1.90. The van der Waals surface area contributed by atoms with Gasteiger partial charge < -0.3 is 5.32 Å². The second kappa shape index (κ2) is 4.64. The molecule has 0 spiro atoms. The number of aryl methyl sites for hydroxylation is 1. The largest absolute Gasteiger partial charge is 0.364 e. The SMILES string of the molecule is Cc1[nH]nc2c(NCc3ccccc3F)ncnc12. The summed E-state index contributed by atoms with van der Waals surface area (Å²) < 4.78 is 13.5. The fourth-order valence-corrected chi connectivity index (χ4v) is 1.90. The van der Waals surface area contributed by atoms with Crippen LogP contribution in [0.4, 0.5) is 10.2 Å². The van der Waals surface area contributed by atoms with E-state index in [9.17, 15) is 4.39 Å². The van der Waals surface area contributed by atoms with E-state index in [-0.39, 0.29) is 5.82 Å². The first-order valence-corrected chi connectivity index (χ1v) is 5.88. The fraction of sp³-hybridized carbons (Fsp3) is 0.154. The molecule has 96 valence electrons. The van der Waals surface area contributed by atoms with Gasteiger partial charge in [-0.25, -0.2) is 14.4 Å². The number of aromatic amines is 1. The molecule has 0 saturated heterocycles. The molecule has 5 nitrogen and oxygen atoms in total. The quantitative estimate of drug-likeness (QED) is 0.756. The van der Waals surface area contributed by atoms with E-state index in [2.05, 4.69) is 25.5 Å². The molecule has 0 atom stereocenters. The van der Waals surface area contributed by atoms with Crippen molar-refractivity contribution in [2.24, 2.45) is 0 Å². The number of fused-ring (bicyclic) bond motifs is 1. The van der Waals surface area contributed by atoms with Crippen molar-refractivity contribution < 1.29 is 4.39 Å². The van der Waals surface area contributed by atoms with Gasteiger partial charge in [0, 0.05) is 12.1 Å². The zero-order chi connectivity index (χ0) is 13.2. The maximum absolute atomic E-state index is 13.5. The van der Waals surface area contributed by atoms with Gasteiger partial charge in [0.15, 0.2) is 11.3 Å². The van der Waals surface area contributed by atoms with Gasteiger partial charge in [-0.1, -0.05) is 18.2 Å². The van der Waals surface area contributed by atoms with Gasteiger partial charge in [-0.15, -0.1) is 0 Å². The molecule has 2 aromatic heterocycles. The average molecular weight is 257 g/mol. The molecule has 2 heterocycles. The Kier molecular flexibility index (Phi) is 2.83. The van der Waals surface area contributed by atoms with Crippen molar-refractivity contribution in [1.82, 2.24) is 20.2 Å². The monoisotopic (exact) mass is 257 g/mol. The van der Waals surface area contributed by atoms with Crippen molar-refractivity contribution in [3.05, 3.63) is 47.7 Å². The van der Waals surface area contributed by atoms with Crippen LogP contribution in [0.15, 0.2) is 30.6 Å². The molecule has 0 aliphatic carbocycles. The average Bonchev–Trinajstić information content (AvgIpc) is 2.81. The molecule has 0 saturated carbocycles. The summed E-state index contributed by atoms with van der Waals surface area (Å²) in [5.74, 6) is 0.358. The minimum Gasteiger partial charge on any atom is -0.364 e. The number of nitrogens with zero attached hydrogens (tertiary/aromatic N) is 3. The predicted octanol–water partition coefficient (Wildman–Crippen LogP) is 2.41. The summed E-state index contributed by atoms with van der Waals surface area (Å²) >= 11 is 0. The van der Waals surface area contributed by atoms with Crippen molar-refractivity contribution in [3.63, 3.8) is 0 Å². The number of hydrogen-bond donors (Lipinski definition) is 2. The van der Waals surface area contributed by atoms with Gasteiger partial charge >= 0.3 is 0 Å². The minimum atomic E-state index is -0.237. The summed E-state index contributed by atoms with van der Waals surface area (Å²) in [7, 11) is 0. The summed E-state index contributed by atoms with van der Waals surface area (Å²) in [5.41, 5.74) is 2.90. The number of halogens is 1. The number of aromatic nitrogens is 4. The molecule has 0 fully saturated rings. The smallest absolute Gasteiger partial charge is 0.158 e. The second-order valence-electron chi connectivity index (χ2n) is 4.21.